The average molecular weight is 688 g/mol. The van der Waals surface area contributed by atoms with Crippen molar-refractivity contribution in [3.05, 3.63) is 53.9 Å². The highest BCUT2D eigenvalue weighted by atomic mass is 32.1. The third-order valence-electron chi connectivity index (χ3n) is 10.1. The lowest BCUT2D eigenvalue weighted by Crippen LogP contribution is -2.56. The molecule has 49 heavy (non-hydrogen) atoms. The summed E-state index contributed by atoms with van der Waals surface area (Å²) >= 11 is 1.50. The van der Waals surface area contributed by atoms with Crippen molar-refractivity contribution in [1.82, 2.24) is 25.5 Å². The van der Waals surface area contributed by atoms with Gasteiger partial charge in [0.1, 0.15) is 35.5 Å². The molecule has 1 saturated heterocycles. The van der Waals surface area contributed by atoms with Gasteiger partial charge in [0.25, 0.3) is 0 Å². The van der Waals surface area contributed by atoms with E-state index in [0.29, 0.717) is 29.6 Å². The summed E-state index contributed by atoms with van der Waals surface area (Å²) in [5, 5.41) is 17.7. The van der Waals surface area contributed by atoms with E-state index in [2.05, 4.69) is 10.6 Å². The van der Waals surface area contributed by atoms with Gasteiger partial charge in [-0.3, -0.25) is 9.59 Å². The van der Waals surface area contributed by atoms with Crippen LogP contribution in [0.15, 0.2) is 53.9 Å². The van der Waals surface area contributed by atoms with Crippen molar-refractivity contribution < 1.29 is 33.8 Å². The number of hydrogen-bond acceptors (Lipinski definition) is 9. The molecule has 2 saturated carbocycles. The van der Waals surface area contributed by atoms with Crippen molar-refractivity contribution in [1.29, 1.82) is 0 Å². The first-order valence-electron chi connectivity index (χ1n) is 17.3. The van der Waals surface area contributed by atoms with Crippen LogP contribution in [0.25, 0.3) is 21.6 Å². The molecular formula is C36H41N5O7S. The van der Waals surface area contributed by atoms with Crippen LogP contribution in [0.5, 0.6) is 5.88 Å². The molecule has 0 unspecified atom stereocenters. The Kier molecular flexibility index (Phi) is 9.53. The highest BCUT2D eigenvalue weighted by Gasteiger charge is 2.61. The molecule has 0 spiro atoms. The second-order valence-corrected chi connectivity index (χ2v) is 14.4. The maximum Gasteiger partial charge on any atom is 0.408 e. The van der Waals surface area contributed by atoms with Gasteiger partial charge in [-0.1, -0.05) is 43.2 Å². The number of carboxylic acids is 1. The SMILES string of the molecule is O=C(N[C@H]1CCCCC/C=C\[C@@H]2C[C@@]2(C(=O)O)NC(=O)[C@@H]2C[C@@H](Oc3nc4ccccc4nc3-c3cccs3)CN2C1=O)OC1CCCC1. The van der Waals surface area contributed by atoms with Crippen LogP contribution in [-0.4, -0.2) is 80.2 Å². The summed E-state index contributed by atoms with van der Waals surface area (Å²) in [6.07, 6.45) is 9.83. The van der Waals surface area contributed by atoms with Crippen molar-refractivity contribution in [2.45, 2.75) is 100 Å². The Morgan fingerprint density at radius 3 is 2.51 bits per heavy atom. The number of benzene rings is 1. The van der Waals surface area contributed by atoms with Gasteiger partial charge in [-0.05, 0) is 74.9 Å². The number of thiophene rings is 1. The van der Waals surface area contributed by atoms with Crippen molar-refractivity contribution in [3.63, 3.8) is 0 Å². The molecule has 2 aliphatic carbocycles. The number of carbonyl (C=O) groups excluding carboxylic acids is 3. The van der Waals surface area contributed by atoms with E-state index in [9.17, 15) is 24.3 Å². The number of carbonyl (C=O) groups is 4. The minimum atomic E-state index is -1.43. The van der Waals surface area contributed by atoms with E-state index in [4.69, 9.17) is 19.4 Å². The molecule has 0 bridgehead atoms. The van der Waals surface area contributed by atoms with Gasteiger partial charge in [-0.15, -0.1) is 11.3 Å². The molecule has 7 rings (SSSR count). The van der Waals surface area contributed by atoms with Crippen LogP contribution in [0.3, 0.4) is 0 Å². The van der Waals surface area contributed by atoms with Gasteiger partial charge in [0.05, 0.1) is 22.5 Å². The van der Waals surface area contributed by atoms with Crippen LogP contribution >= 0.6 is 11.3 Å². The number of ether oxygens (including phenoxy) is 2. The number of allylic oxidation sites excluding steroid dienone is 1. The van der Waals surface area contributed by atoms with Crippen LogP contribution < -0.4 is 15.4 Å². The van der Waals surface area contributed by atoms with Gasteiger partial charge in [-0.2, -0.15) is 0 Å². The number of para-hydroxylation sites is 2. The van der Waals surface area contributed by atoms with Crippen LogP contribution in [0.4, 0.5) is 4.79 Å². The van der Waals surface area contributed by atoms with Gasteiger partial charge < -0.3 is 30.1 Å². The third kappa shape index (κ3) is 7.12. The van der Waals surface area contributed by atoms with Gasteiger partial charge in [-0.25, -0.2) is 19.6 Å². The maximum absolute atomic E-state index is 14.4. The van der Waals surface area contributed by atoms with Gasteiger partial charge >= 0.3 is 12.1 Å². The topological polar surface area (TPSA) is 160 Å². The number of fused-ring (bicyclic) bond motifs is 3. The first-order chi connectivity index (χ1) is 23.8. The number of alkyl carbamates (subject to hydrolysis) is 1. The van der Waals surface area contributed by atoms with Crippen LogP contribution in [-0.2, 0) is 19.1 Å². The monoisotopic (exact) mass is 687 g/mol. The fraction of sp³-hybridized carbons (Fsp3) is 0.500. The van der Waals surface area contributed by atoms with E-state index in [0.717, 1.165) is 49.8 Å². The van der Waals surface area contributed by atoms with Crippen molar-refractivity contribution in [2.75, 3.05) is 6.54 Å². The van der Waals surface area contributed by atoms with Gasteiger partial charge in [0.15, 0.2) is 0 Å². The number of nitrogens with zero attached hydrogens (tertiary/aromatic N) is 3. The summed E-state index contributed by atoms with van der Waals surface area (Å²) in [5.74, 6) is -2.15. The fourth-order valence-corrected chi connectivity index (χ4v) is 7.98. The van der Waals surface area contributed by atoms with E-state index in [1.807, 2.05) is 53.9 Å². The summed E-state index contributed by atoms with van der Waals surface area (Å²) in [5.41, 5.74) is 0.471. The molecular weight excluding hydrogens is 646 g/mol. The van der Waals surface area contributed by atoms with E-state index in [1.165, 1.54) is 16.2 Å². The lowest BCUT2D eigenvalue weighted by Gasteiger charge is -2.29. The van der Waals surface area contributed by atoms with Gasteiger partial charge in [0, 0.05) is 12.3 Å². The van der Waals surface area contributed by atoms with Gasteiger partial charge in [0.2, 0.25) is 17.7 Å². The Bertz CT molecular complexity index is 1740. The summed E-state index contributed by atoms with van der Waals surface area (Å²) in [6, 6.07) is 9.37. The molecule has 1 aromatic carbocycles. The van der Waals surface area contributed by atoms with E-state index < -0.39 is 47.6 Å². The minimum Gasteiger partial charge on any atom is -0.479 e. The average Bonchev–Trinajstić information content (AvgIpc) is 3.58. The zero-order chi connectivity index (χ0) is 34.0. The zero-order valence-electron chi connectivity index (χ0n) is 27.2. The highest BCUT2D eigenvalue weighted by molar-refractivity contribution is 7.13. The Balaban J connectivity index is 1.19. The molecule has 3 N–H and O–H groups in total. The Hall–Kier alpha value is -4.52. The number of amides is 3. The maximum atomic E-state index is 14.4. The molecule has 2 aliphatic heterocycles. The van der Waals surface area contributed by atoms with Crippen LogP contribution in [0, 0.1) is 5.92 Å². The van der Waals surface area contributed by atoms with Crippen LogP contribution in [0.2, 0.25) is 0 Å². The molecule has 4 aliphatic rings. The number of rotatable bonds is 6. The van der Waals surface area contributed by atoms with Crippen molar-refractivity contribution in [2.24, 2.45) is 5.92 Å². The molecule has 2 aromatic heterocycles. The second kappa shape index (κ2) is 14.1. The number of aromatic nitrogens is 2. The smallest absolute Gasteiger partial charge is 0.408 e. The molecule has 0 radical (unpaired) electrons. The van der Waals surface area contributed by atoms with Crippen molar-refractivity contribution >= 4 is 46.2 Å². The Morgan fingerprint density at radius 2 is 1.76 bits per heavy atom. The first kappa shape index (κ1) is 33.0. The lowest BCUT2D eigenvalue weighted by atomic mass is 10.0. The summed E-state index contributed by atoms with van der Waals surface area (Å²) in [7, 11) is 0. The molecule has 3 aromatic rings. The van der Waals surface area contributed by atoms with Crippen LogP contribution in [0.1, 0.15) is 70.6 Å². The van der Waals surface area contributed by atoms with Crippen molar-refractivity contribution in [3.8, 4) is 16.5 Å². The highest BCUT2D eigenvalue weighted by Crippen LogP contribution is 2.45. The summed E-state index contributed by atoms with van der Waals surface area (Å²) in [6.45, 7) is 0.0363. The van der Waals surface area contributed by atoms with E-state index in [1.54, 1.807) is 0 Å². The summed E-state index contributed by atoms with van der Waals surface area (Å²) < 4.78 is 12.2. The third-order valence-corrected chi connectivity index (χ3v) is 10.9. The number of nitrogens with one attached hydrogen (secondary N) is 2. The summed E-state index contributed by atoms with van der Waals surface area (Å²) in [4.78, 5) is 65.8. The minimum absolute atomic E-state index is 0.0363. The fourth-order valence-electron chi connectivity index (χ4n) is 7.28. The zero-order valence-corrected chi connectivity index (χ0v) is 28.0. The van der Waals surface area contributed by atoms with E-state index in [-0.39, 0.29) is 37.3 Å². The molecule has 258 valence electrons. The molecule has 3 fully saturated rings. The predicted octanol–water partition coefficient (Wildman–Crippen LogP) is 5.22. The number of hydrogen-bond donors (Lipinski definition) is 3. The molecule has 13 heteroatoms. The first-order valence-corrected chi connectivity index (χ1v) is 18.2. The predicted molar refractivity (Wildman–Crippen MR) is 182 cm³/mol. The Labute approximate surface area is 288 Å². The number of carboxylic acid groups (broad SMARTS) is 1. The molecule has 3 amide bonds. The molecule has 12 nitrogen and oxygen atoms in total. The molecule has 4 heterocycles. The molecule has 5 atom stereocenters. The van der Waals surface area contributed by atoms with E-state index >= 15 is 0 Å². The quantitative estimate of drug-likeness (QED) is 0.295. The lowest BCUT2D eigenvalue weighted by molar-refractivity contribution is -0.145. The largest absolute Gasteiger partial charge is 0.479 e. The normalized spacial score (nSPS) is 28.4. The number of aliphatic carboxylic acids is 1. The Morgan fingerprint density at radius 1 is 0.980 bits per heavy atom. The standard InChI is InChI=1S/C36H41N5O7S/c42-31-28-19-24(47-32-30(29-17-10-18-49-29)37-25-14-8-9-15-26(25)38-32)21-41(28)33(43)27(39-35(46)48-23-12-6-7-13-23)16-5-3-1-2-4-11-22-20-36(22,40-31)34(44)45/h4,8-11,14-15,17-18,22-24,27-28H,1-3,5-7,12-13,16,19-21H2,(H,39,46)(H,40,42)(H,44,45)/b11-4-/t22-,24-,27+,28+,36-/m1/s1. The second-order valence-electron chi connectivity index (χ2n) is 13.5.